The van der Waals surface area contributed by atoms with Crippen LogP contribution in [0.15, 0.2) is 48.5 Å². The Morgan fingerprint density at radius 2 is 1.61 bits per heavy atom. The first-order chi connectivity index (χ1) is 13.7. The maximum Gasteiger partial charge on any atom is 0.120 e. The number of aliphatic hydroxyl groups excluding tert-OH is 1. The van der Waals surface area contributed by atoms with Gasteiger partial charge in [-0.05, 0) is 29.8 Å². The predicted octanol–water partition coefficient (Wildman–Crippen LogP) is 2.40. The molecule has 6 nitrogen and oxygen atoms in total. The molecule has 1 unspecified atom stereocenters. The Kier molecular flexibility index (Phi) is 7.54. The quantitative estimate of drug-likeness (QED) is 0.714. The van der Waals surface area contributed by atoms with E-state index in [1.807, 2.05) is 36.4 Å². The average Bonchev–Trinajstić information content (AvgIpc) is 2.74. The standard InChI is InChI=1S/C22H30N2O4/c1-26-21-7-3-5-18(13-21)16-28-17-20(25)15-23-9-11-24(12-10-23)19-6-4-8-22(14-19)27-2/h3-8,13-14,20,25H,9-12,15-17H2,1-2H3. The monoisotopic (exact) mass is 386 g/mol. The third-order valence-electron chi connectivity index (χ3n) is 4.97. The molecule has 2 aromatic rings. The lowest BCUT2D eigenvalue weighted by Gasteiger charge is -2.37. The lowest BCUT2D eigenvalue weighted by atomic mass is 10.2. The number of ether oxygens (including phenoxy) is 3. The molecule has 1 fully saturated rings. The van der Waals surface area contributed by atoms with Gasteiger partial charge in [-0.3, -0.25) is 4.90 Å². The molecule has 0 spiro atoms. The first-order valence-corrected chi connectivity index (χ1v) is 9.68. The molecule has 0 bridgehead atoms. The highest BCUT2D eigenvalue weighted by molar-refractivity contribution is 5.51. The van der Waals surface area contributed by atoms with Crippen LogP contribution in [-0.2, 0) is 11.3 Å². The largest absolute Gasteiger partial charge is 0.497 e. The van der Waals surface area contributed by atoms with E-state index in [-0.39, 0.29) is 0 Å². The smallest absolute Gasteiger partial charge is 0.120 e. The van der Waals surface area contributed by atoms with E-state index in [4.69, 9.17) is 14.2 Å². The van der Waals surface area contributed by atoms with E-state index in [1.165, 1.54) is 5.69 Å². The van der Waals surface area contributed by atoms with Crippen molar-refractivity contribution in [1.82, 2.24) is 4.90 Å². The summed E-state index contributed by atoms with van der Waals surface area (Å²) >= 11 is 0. The van der Waals surface area contributed by atoms with Crippen molar-refractivity contribution in [3.63, 3.8) is 0 Å². The van der Waals surface area contributed by atoms with Crippen LogP contribution in [0.2, 0.25) is 0 Å². The fourth-order valence-corrected chi connectivity index (χ4v) is 3.42. The first-order valence-electron chi connectivity index (χ1n) is 9.68. The summed E-state index contributed by atoms with van der Waals surface area (Å²) < 4.78 is 16.2. The van der Waals surface area contributed by atoms with E-state index >= 15 is 0 Å². The predicted molar refractivity (Wildman–Crippen MR) is 110 cm³/mol. The Bertz CT molecular complexity index is 732. The second-order valence-electron chi connectivity index (χ2n) is 7.01. The van der Waals surface area contributed by atoms with Crippen molar-refractivity contribution in [3.05, 3.63) is 54.1 Å². The molecular weight excluding hydrogens is 356 g/mol. The number of hydrogen-bond acceptors (Lipinski definition) is 6. The van der Waals surface area contributed by atoms with Crippen LogP contribution in [0.3, 0.4) is 0 Å². The number of anilines is 1. The van der Waals surface area contributed by atoms with Crippen LogP contribution in [0, 0.1) is 0 Å². The van der Waals surface area contributed by atoms with Gasteiger partial charge in [0.05, 0.1) is 33.5 Å². The summed E-state index contributed by atoms with van der Waals surface area (Å²) in [7, 11) is 3.34. The maximum absolute atomic E-state index is 10.3. The number of nitrogens with zero attached hydrogens (tertiary/aromatic N) is 2. The SMILES string of the molecule is COc1cccc(COCC(O)CN2CCN(c3cccc(OC)c3)CC2)c1. The third kappa shape index (κ3) is 5.86. The second kappa shape index (κ2) is 10.3. The molecule has 6 heteroatoms. The summed E-state index contributed by atoms with van der Waals surface area (Å²) in [5, 5.41) is 10.3. The van der Waals surface area contributed by atoms with Crippen LogP contribution in [0.1, 0.15) is 5.56 Å². The summed E-state index contributed by atoms with van der Waals surface area (Å²) in [5.41, 5.74) is 2.22. The van der Waals surface area contributed by atoms with Crippen LogP contribution in [-0.4, -0.2) is 69.7 Å². The van der Waals surface area contributed by atoms with Gasteiger partial charge in [-0.15, -0.1) is 0 Å². The Morgan fingerprint density at radius 3 is 2.32 bits per heavy atom. The lowest BCUT2D eigenvalue weighted by molar-refractivity contribution is 0.00910. The van der Waals surface area contributed by atoms with E-state index in [0.29, 0.717) is 19.8 Å². The van der Waals surface area contributed by atoms with E-state index < -0.39 is 6.10 Å². The molecule has 1 atom stereocenters. The Hall–Kier alpha value is -2.28. The fraction of sp³-hybridized carbons (Fsp3) is 0.455. The van der Waals surface area contributed by atoms with E-state index in [0.717, 1.165) is 43.2 Å². The Balaban J connectivity index is 1.38. The van der Waals surface area contributed by atoms with Crippen LogP contribution in [0.5, 0.6) is 11.5 Å². The number of aliphatic hydroxyl groups is 1. The molecule has 2 aromatic carbocycles. The average molecular weight is 386 g/mol. The van der Waals surface area contributed by atoms with Crippen LogP contribution < -0.4 is 14.4 Å². The Labute approximate surface area is 167 Å². The van der Waals surface area contributed by atoms with Gasteiger partial charge >= 0.3 is 0 Å². The van der Waals surface area contributed by atoms with Gasteiger partial charge in [-0.2, -0.15) is 0 Å². The molecule has 0 saturated carbocycles. The third-order valence-corrected chi connectivity index (χ3v) is 4.97. The second-order valence-corrected chi connectivity index (χ2v) is 7.01. The molecule has 0 amide bonds. The van der Waals surface area contributed by atoms with Crippen LogP contribution in [0.25, 0.3) is 0 Å². The lowest BCUT2D eigenvalue weighted by Crippen LogP contribution is -2.49. The van der Waals surface area contributed by atoms with Gasteiger partial charge in [0.15, 0.2) is 0 Å². The number of methoxy groups -OCH3 is 2. The highest BCUT2D eigenvalue weighted by Gasteiger charge is 2.19. The Morgan fingerprint density at radius 1 is 0.929 bits per heavy atom. The summed E-state index contributed by atoms with van der Waals surface area (Å²) in [6, 6.07) is 15.9. The molecule has 1 N–H and O–H groups in total. The normalized spacial score (nSPS) is 16.0. The van der Waals surface area contributed by atoms with Crippen LogP contribution >= 0.6 is 0 Å². The zero-order valence-corrected chi connectivity index (χ0v) is 16.7. The van der Waals surface area contributed by atoms with Crippen molar-refractivity contribution in [3.8, 4) is 11.5 Å². The van der Waals surface area contributed by atoms with Gasteiger partial charge in [-0.1, -0.05) is 18.2 Å². The van der Waals surface area contributed by atoms with E-state index in [2.05, 4.69) is 21.9 Å². The van der Waals surface area contributed by atoms with Gasteiger partial charge in [0.2, 0.25) is 0 Å². The minimum Gasteiger partial charge on any atom is -0.497 e. The van der Waals surface area contributed by atoms with Gasteiger partial charge in [-0.25, -0.2) is 0 Å². The first kappa shape index (κ1) is 20.5. The van der Waals surface area contributed by atoms with Gasteiger partial charge in [0.1, 0.15) is 11.5 Å². The van der Waals surface area contributed by atoms with Gasteiger partial charge < -0.3 is 24.2 Å². The summed E-state index contributed by atoms with van der Waals surface area (Å²) in [6.45, 7) is 5.14. The summed E-state index contributed by atoms with van der Waals surface area (Å²) in [6.07, 6.45) is -0.492. The van der Waals surface area contributed by atoms with Crippen molar-refractivity contribution in [1.29, 1.82) is 0 Å². The minimum atomic E-state index is -0.492. The number of hydrogen-bond donors (Lipinski definition) is 1. The molecule has 0 radical (unpaired) electrons. The topological polar surface area (TPSA) is 54.4 Å². The van der Waals surface area contributed by atoms with E-state index in [9.17, 15) is 5.11 Å². The number of β-amino-alcohol motifs (C(OH)–C–C–N with tert-alkyl or cyclic N) is 1. The fourth-order valence-electron chi connectivity index (χ4n) is 3.42. The highest BCUT2D eigenvalue weighted by Crippen LogP contribution is 2.22. The molecular formula is C22H30N2O4. The molecule has 0 aromatic heterocycles. The molecule has 1 aliphatic rings. The molecule has 1 saturated heterocycles. The van der Waals surface area contributed by atoms with Gasteiger partial charge in [0.25, 0.3) is 0 Å². The maximum atomic E-state index is 10.3. The van der Waals surface area contributed by atoms with Crippen molar-refractivity contribution >= 4 is 5.69 Å². The molecule has 28 heavy (non-hydrogen) atoms. The minimum absolute atomic E-state index is 0.327. The van der Waals surface area contributed by atoms with Crippen molar-refractivity contribution in [2.45, 2.75) is 12.7 Å². The molecule has 3 rings (SSSR count). The highest BCUT2D eigenvalue weighted by atomic mass is 16.5. The summed E-state index contributed by atoms with van der Waals surface area (Å²) in [4.78, 5) is 4.64. The molecule has 0 aliphatic carbocycles. The summed E-state index contributed by atoms with van der Waals surface area (Å²) in [5.74, 6) is 1.69. The molecule has 1 heterocycles. The van der Waals surface area contributed by atoms with E-state index in [1.54, 1.807) is 14.2 Å². The van der Waals surface area contributed by atoms with Crippen molar-refractivity contribution in [2.75, 3.05) is 58.5 Å². The molecule has 152 valence electrons. The zero-order valence-electron chi connectivity index (χ0n) is 16.7. The number of benzene rings is 2. The van der Waals surface area contributed by atoms with Crippen LogP contribution in [0.4, 0.5) is 5.69 Å². The van der Waals surface area contributed by atoms with Gasteiger partial charge in [0, 0.05) is 44.5 Å². The molecule has 1 aliphatic heterocycles. The van der Waals surface area contributed by atoms with Crippen molar-refractivity contribution < 1.29 is 19.3 Å². The number of piperazine rings is 1. The van der Waals surface area contributed by atoms with Crippen molar-refractivity contribution in [2.24, 2.45) is 0 Å². The number of rotatable bonds is 9. The zero-order chi connectivity index (χ0) is 19.8.